The summed E-state index contributed by atoms with van der Waals surface area (Å²) < 4.78 is 10.6. The Hall–Kier alpha value is -4.17. The molecule has 14 nitrogen and oxygen atoms in total. The maximum atomic E-state index is 13.0. The number of benzene rings is 1. The summed E-state index contributed by atoms with van der Waals surface area (Å²) in [7, 11) is 0. The van der Waals surface area contributed by atoms with Gasteiger partial charge in [0.05, 0.1) is 36.6 Å². The predicted molar refractivity (Wildman–Crippen MR) is 128 cm³/mol. The number of carbonyl (C=O) groups excluding carboxylic acids is 6. The molecule has 1 aliphatic carbocycles. The van der Waals surface area contributed by atoms with E-state index in [0.29, 0.717) is 13.2 Å². The maximum Gasteiger partial charge on any atom is 0.290 e. The number of ether oxygens (including phenoxy) is 2. The van der Waals surface area contributed by atoms with E-state index >= 15 is 0 Å². The summed E-state index contributed by atoms with van der Waals surface area (Å²) in [6.45, 7) is 0.588. The van der Waals surface area contributed by atoms with Gasteiger partial charge in [0.2, 0.25) is 23.6 Å². The first kappa shape index (κ1) is 28.4. The number of hydrogen-bond donors (Lipinski definition) is 4. The third-order valence-electron chi connectivity index (χ3n) is 5.84. The van der Waals surface area contributed by atoms with Crippen LogP contribution in [0.5, 0.6) is 0 Å². The van der Waals surface area contributed by atoms with Crippen molar-refractivity contribution >= 4 is 47.6 Å². The van der Waals surface area contributed by atoms with E-state index in [4.69, 9.17) is 19.4 Å². The van der Waals surface area contributed by atoms with E-state index in [1.54, 1.807) is 0 Å². The van der Waals surface area contributed by atoms with Gasteiger partial charge in [-0.1, -0.05) is 6.07 Å². The summed E-state index contributed by atoms with van der Waals surface area (Å²) in [5.74, 6) is -2.86. The average molecular weight is 533 g/mol. The molecule has 4 N–H and O–H groups in total. The van der Waals surface area contributed by atoms with Crippen molar-refractivity contribution in [1.29, 1.82) is 0 Å². The van der Waals surface area contributed by atoms with Gasteiger partial charge in [0, 0.05) is 18.9 Å². The first-order valence-electron chi connectivity index (χ1n) is 11.9. The van der Waals surface area contributed by atoms with Gasteiger partial charge < -0.3 is 25.2 Å². The van der Waals surface area contributed by atoms with Crippen molar-refractivity contribution in [2.75, 3.05) is 38.3 Å². The van der Waals surface area contributed by atoms with E-state index in [9.17, 15) is 28.8 Å². The highest BCUT2D eigenvalue weighted by atomic mass is 16.5. The number of hydrogen-bond acceptors (Lipinski definition) is 9. The highest BCUT2D eigenvalue weighted by molar-refractivity contribution is 6.26. The molecule has 4 rings (SSSR count). The summed E-state index contributed by atoms with van der Waals surface area (Å²) in [5, 5.41) is 14.4. The van der Waals surface area contributed by atoms with Gasteiger partial charge in [-0.2, -0.15) is 0 Å². The van der Waals surface area contributed by atoms with E-state index in [2.05, 4.69) is 16.0 Å². The van der Waals surface area contributed by atoms with Crippen LogP contribution in [0, 0.1) is 5.92 Å². The molecule has 0 radical (unpaired) electrons. The second-order valence-electron chi connectivity index (χ2n) is 8.56. The lowest BCUT2D eigenvalue weighted by Crippen LogP contribution is -2.54. The van der Waals surface area contributed by atoms with Crippen LogP contribution in [-0.4, -0.2) is 90.9 Å². The summed E-state index contributed by atoms with van der Waals surface area (Å²) in [6.07, 6.45) is 1.94. The van der Waals surface area contributed by atoms with E-state index in [1.165, 1.54) is 18.2 Å². The minimum atomic E-state index is -1.09. The Bertz CT molecular complexity index is 1120. The van der Waals surface area contributed by atoms with Crippen LogP contribution in [0.25, 0.3) is 0 Å². The summed E-state index contributed by atoms with van der Waals surface area (Å²) >= 11 is 0. The molecule has 2 fully saturated rings. The van der Waals surface area contributed by atoms with Crippen LogP contribution in [-0.2, 0) is 33.4 Å². The molecule has 204 valence electrons. The lowest BCUT2D eigenvalue weighted by Gasteiger charge is -2.27. The first-order chi connectivity index (χ1) is 18.3. The Morgan fingerprint density at radius 2 is 1.76 bits per heavy atom. The van der Waals surface area contributed by atoms with Gasteiger partial charge in [-0.05, 0) is 31.4 Å². The lowest BCUT2D eigenvalue weighted by atomic mass is 10.0. The van der Waals surface area contributed by atoms with Crippen molar-refractivity contribution in [2.45, 2.75) is 31.7 Å². The maximum absolute atomic E-state index is 13.0. The Labute approximate surface area is 217 Å². The zero-order valence-electron chi connectivity index (χ0n) is 20.4. The van der Waals surface area contributed by atoms with E-state index in [-0.39, 0.29) is 67.8 Å². The topological polar surface area (TPSA) is 198 Å². The van der Waals surface area contributed by atoms with Crippen molar-refractivity contribution in [3.05, 3.63) is 29.3 Å². The molecule has 6 amide bonds. The largest absolute Gasteiger partial charge is 0.483 e. The van der Waals surface area contributed by atoms with Crippen LogP contribution in [0.3, 0.4) is 0 Å². The minimum absolute atomic E-state index is 0.00729. The van der Waals surface area contributed by atoms with Gasteiger partial charge in [0.15, 0.2) is 0 Å². The third-order valence-corrected chi connectivity index (χ3v) is 5.84. The number of anilines is 1. The number of amides is 6. The van der Waals surface area contributed by atoms with Crippen molar-refractivity contribution in [2.24, 2.45) is 5.92 Å². The van der Waals surface area contributed by atoms with Gasteiger partial charge in [0.1, 0.15) is 12.6 Å². The van der Waals surface area contributed by atoms with Gasteiger partial charge in [-0.25, -0.2) is 0 Å². The van der Waals surface area contributed by atoms with Gasteiger partial charge in [-0.3, -0.25) is 43.8 Å². The second kappa shape index (κ2) is 13.4. The molecule has 1 atom stereocenters. The van der Waals surface area contributed by atoms with Crippen LogP contribution in [0.4, 0.5) is 5.69 Å². The molecule has 1 unspecified atom stereocenters. The smallest absolute Gasteiger partial charge is 0.290 e. The Kier molecular flexibility index (Phi) is 10.0. The Morgan fingerprint density at radius 1 is 1.05 bits per heavy atom. The van der Waals surface area contributed by atoms with Crippen LogP contribution < -0.4 is 16.0 Å². The van der Waals surface area contributed by atoms with Crippen LogP contribution >= 0.6 is 0 Å². The number of imide groups is 2. The number of carboxylic acid groups (broad SMARTS) is 1. The quantitative estimate of drug-likeness (QED) is 0.160. The fourth-order valence-electron chi connectivity index (χ4n) is 3.93. The fourth-order valence-corrected chi connectivity index (χ4v) is 3.93. The molecule has 2 heterocycles. The number of rotatable bonds is 11. The molecular formula is C24H28N4O10. The molecule has 0 aromatic heterocycles. The van der Waals surface area contributed by atoms with E-state index in [0.717, 1.165) is 17.7 Å². The zero-order valence-corrected chi connectivity index (χ0v) is 20.4. The van der Waals surface area contributed by atoms with Crippen LogP contribution in [0.15, 0.2) is 18.2 Å². The molecule has 1 saturated heterocycles. The standard InChI is InChI=1S/C23H26N4O8.CH2O2/c28-17-7-6-16(21(31)26-17)27-22(32)14-2-1-3-15(19(14)23(27)33)25-18(29)12-35-11-10-34-9-8-24-20(30)13-4-5-13;2-1-3/h1-3,13,16H,4-12H2,(H,24,30)(H,25,29)(H,26,28,31);1H,(H,2,3). The molecule has 3 aliphatic rings. The number of carbonyl (C=O) groups is 7. The summed E-state index contributed by atoms with van der Waals surface area (Å²) in [4.78, 5) is 82.5. The summed E-state index contributed by atoms with van der Waals surface area (Å²) in [5.41, 5.74) is 0.194. The average Bonchev–Trinajstić information content (AvgIpc) is 3.69. The molecule has 2 aliphatic heterocycles. The monoisotopic (exact) mass is 532 g/mol. The SMILES string of the molecule is O=C1CCC(N2C(=O)c3cccc(NC(=O)COCCOCCNC(=O)C4CC4)c3C2=O)C(=O)N1.O=CO. The van der Waals surface area contributed by atoms with Crippen LogP contribution in [0.2, 0.25) is 0 Å². The molecule has 14 heteroatoms. The number of piperidine rings is 1. The normalized spacial score (nSPS) is 18.2. The van der Waals surface area contributed by atoms with Gasteiger partial charge >= 0.3 is 0 Å². The Morgan fingerprint density at radius 3 is 2.45 bits per heavy atom. The number of fused-ring (bicyclic) bond motifs is 1. The van der Waals surface area contributed by atoms with Crippen molar-refractivity contribution in [3.8, 4) is 0 Å². The molecular weight excluding hydrogens is 504 g/mol. The molecule has 1 aromatic rings. The van der Waals surface area contributed by atoms with Gasteiger partial charge in [-0.15, -0.1) is 0 Å². The van der Waals surface area contributed by atoms with Crippen molar-refractivity contribution in [3.63, 3.8) is 0 Å². The molecule has 1 saturated carbocycles. The molecule has 0 spiro atoms. The lowest BCUT2D eigenvalue weighted by molar-refractivity contribution is -0.136. The number of nitrogens with one attached hydrogen (secondary N) is 3. The first-order valence-corrected chi connectivity index (χ1v) is 11.9. The van der Waals surface area contributed by atoms with Crippen molar-refractivity contribution in [1.82, 2.24) is 15.5 Å². The fraction of sp³-hybridized carbons (Fsp3) is 0.458. The Balaban J connectivity index is 0.00000127. The van der Waals surface area contributed by atoms with Gasteiger partial charge in [0.25, 0.3) is 18.3 Å². The number of nitrogens with zero attached hydrogens (tertiary/aromatic N) is 1. The van der Waals surface area contributed by atoms with E-state index in [1.807, 2.05) is 0 Å². The van der Waals surface area contributed by atoms with E-state index < -0.39 is 35.6 Å². The molecule has 38 heavy (non-hydrogen) atoms. The molecule has 1 aromatic carbocycles. The van der Waals surface area contributed by atoms with Crippen molar-refractivity contribution < 1.29 is 48.1 Å². The highest BCUT2D eigenvalue weighted by Crippen LogP contribution is 2.32. The minimum Gasteiger partial charge on any atom is -0.483 e. The highest BCUT2D eigenvalue weighted by Gasteiger charge is 2.45. The zero-order chi connectivity index (χ0) is 27.7. The van der Waals surface area contributed by atoms with Crippen LogP contribution in [0.1, 0.15) is 46.4 Å². The second-order valence-corrected chi connectivity index (χ2v) is 8.56. The molecule has 0 bridgehead atoms. The summed E-state index contributed by atoms with van der Waals surface area (Å²) in [6, 6.07) is 3.35. The predicted octanol–water partition coefficient (Wildman–Crippen LogP) is -0.713. The third kappa shape index (κ3) is 7.20.